The standard InChI is InChI=1S/C41H54F4O3/c1-3-5-7-8-9-10-11-15-27-46-36-26-25-35(40(44)41(36)45)32-21-19-31(20-22-32)34-24-23-33(38(42)39(34)43)17-14-13-16-30-28-47-37(48-29-30)18-12-6-4-2/h19-26,30,37H,3-18,27-29H2,1-2H3. The van der Waals surface area contributed by atoms with Crippen molar-refractivity contribution in [2.24, 2.45) is 5.92 Å². The number of aryl methyl sites for hydroxylation is 1. The number of benzene rings is 3. The van der Waals surface area contributed by atoms with Crippen LogP contribution < -0.4 is 4.74 Å². The summed E-state index contributed by atoms with van der Waals surface area (Å²) in [6, 6.07) is 12.5. The van der Waals surface area contributed by atoms with E-state index in [0.29, 0.717) is 48.8 Å². The number of hydrogen-bond donors (Lipinski definition) is 0. The summed E-state index contributed by atoms with van der Waals surface area (Å²) in [6.07, 6.45) is 16.4. The van der Waals surface area contributed by atoms with Gasteiger partial charge in [0, 0.05) is 17.0 Å². The van der Waals surface area contributed by atoms with Crippen molar-refractivity contribution in [1.82, 2.24) is 0 Å². The Bertz CT molecular complexity index is 1370. The molecule has 0 aliphatic carbocycles. The minimum Gasteiger partial charge on any atom is -0.490 e. The highest BCUT2D eigenvalue weighted by molar-refractivity contribution is 5.71. The van der Waals surface area contributed by atoms with E-state index in [1.54, 1.807) is 36.4 Å². The Morgan fingerprint density at radius 1 is 0.562 bits per heavy atom. The molecule has 0 atom stereocenters. The van der Waals surface area contributed by atoms with Crippen molar-refractivity contribution in [3.63, 3.8) is 0 Å². The molecule has 3 nitrogen and oxygen atoms in total. The second-order valence-electron chi connectivity index (χ2n) is 13.2. The van der Waals surface area contributed by atoms with Crippen LogP contribution in [0.2, 0.25) is 0 Å². The summed E-state index contributed by atoms with van der Waals surface area (Å²) in [6.45, 7) is 6.09. The first kappa shape index (κ1) is 37.9. The van der Waals surface area contributed by atoms with Gasteiger partial charge in [0.25, 0.3) is 0 Å². The van der Waals surface area contributed by atoms with Crippen LogP contribution in [0.5, 0.6) is 5.75 Å². The monoisotopic (exact) mass is 670 g/mol. The van der Waals surface area contributed by atoms with Crippen molar-refractivity contribution in [1.29, 1.82) is 0 Å². The Labute approximate surface area is 285 Å². The summed E-state index contributed by atoms with van der Waals surface area (Å²) in [5.41, 5.74) is 1.45. The van der Waals surface area contributed by atoms with Crippen molar-refractivity contribution in [3.05, 3.63) is 77.4 Å². The molecule has 0 bridgehead atoms. The maximum atomic E-state index is 15.2. The van der Waals surface area contributed by atoms with E-state index in [-0.39, 0.29) is 23.2 Å². The molecular weight excluding hydrogens is 616 g/mol. The lowest BCUT2D eigenvalue weighted by Gasteiger charge is -2.29. The van der Waals surface area contributed by atoms with Gasteiger partial charge in [0.05, 0.1) is 19.8 Å². The molecule has 0 saturated carbocycles. The molecule has 3 aromatic rings. The van der Waals surface area contributed by atoms with Crippen LogP contribution in [0, 0.1) is 29.2 Å². The highest BCUT2D eigenvalue weighted by atomic mass is 19.2. The molecule has 4 rings (SSSR count). The van der Waals surface area contributed by atoms with E-state index in [9.17, 15) is 4.39 Å². The Morgan fingerprint density at radius 2 is 1.10 bits per heavy atom. The maximum absolute atomic E-state index is 15.2. The van der Waals surface area contributed by atoms with Crippen LogP contribution in [0.3, 0.4) is 0 Å². The fourth-order valence-corrected chi connectivity index (χ4v) is 6.34. The van der Waals surface area contributed by atoms with E-state index in [1.165, 1.54) is 57.1 Å². The van der Waals surface area contributed by atoms with Gasteiger partial charge >= 0.3 is 0 Å². The van der Waals surface area contributed by atoms with Crippen molar-refractivity contribution in [3.8, 4) is 28.0 Å². The summed E-state index contributed by atoms with van der Waals surface area (Å²) in [5, 5.41) is 0. The predicted octanol–water partition coefficient (Wildman–Crippen LogP) is 12.4. The summed E-state index contributed by atoms with van der Waals surface area (Å²) in [5.74, 6) is -3.53. The average Bonchev–Trinajstić information content (AvgIpc) is 3.10. The molecule has 1 aliphatic rings. The van der Waals surface area contributed by atoms with Crippen LogP contribution >= 0.6 is 0 Å². The molecule has 1 saturated heterocycles. The number of unbranched alkanes of at least 4 members (excludes halogenated alkanes) is 10. The van der Waals surface area contributed by atoms with Crippen molar-refractivity contribution in [2.75, 3.05) is 19.8 Å². The number of hydrogen-bond acceptors (Lipinski definition) is 3. The molecule has 1 fully saturated rings. The molecule has 0 aromatic heterocycles. The third-order valence-corrected chi connectivity index (χ3v) is 9.36. The fourth-order valence-electron chi connectivity index (χ4n) is 6.34. The zero-order chi connectivity index (χ0) is 34.1. The normalized spacial score (nSPS) is 16.4. The van der Waals surface area contributed by atoms with Crippen molar-refractivity contribution in [2.45, 2.75) is 123 Å². The van der Waals surface area contributed by atoms with Gasteiger partial charge in [-0.1, -0.05) is 114 Å². The molecule has 3 aromatic carbocycles. The van der Waals surface area contributed by atoms with E-state index < -0.39 is 23.3 Å². The van der Waals surface area contributed by atoms with E-state index in [4.69, 9.17) is 14.2 Å². The quantitative estimate of drug-likeness (QED) is 0.0834. The van der Waals surface area contributed by atoms with Crippen molar-refractivity contribution < 1.29 is 31.8 Å². The molecule has 0 amide bonds. The minimum absolute atomic E-state index is 0.0821. The molecule has 7 heteroatoms. The highest BCUT2D eigenvalue weighted by Gasteiger charge is 2.22. The first-order valence-corrected chi connectivity index (χ1v) is 18.3. The SMILES string of the molecule is CCCCCCCCCCOc1ccc(-c2ccc(-c3ccc(CCCCC4COC(CCCCC)OC4)c(F)c3F)cc2)c(F)c1F. The largest absolute Gasteiger partial charge is 0.490 e. The molecule has 48 heavy (non-hydrogen) atoms. The highest BCUT2D eigenvalue weighted by Crippen LogP contribution is 2.33. The van der Waals surface area contributed by atoms with Crippen LogP contribution in [-0.4, -0.2) is 26.1 Å². The van der Waals surface area contributed by atoms with E-state index >= 15 is 13.2 Å². The number of ether oxygens (including phenoxy) is 3. The topological polar surface area (TPSA) is 27.7 Å². The lowest BCUT2D eigenvalue weighted by molar-refractivity contribution is -0.204. The van der Waals surface area contributed by atoms with Gasteiger partial charge in [0.2, 0.25) is 5.82 Å². The Morgan fingerprint density at radius 3 is 1.75 bits per heavy atom. The summed E-state index contributed by atoms with van der Waals surface area (Å²) in [4.78, 5) is 0. The molecule has 0 N–H and O–H groups in total. The smallest absolute Gasteiger partial charge is 0.201 e. The zero-order valence-corrected chi connectivity index (χ0v) is 28.9. The van der Waals surface area contributed by atoms with Gasteiger partial charge in [0.15, 0.2) is 29.5 Å². The molecule has 0 spiro atoms. The zero-order valence-electron chi connectivity index (χ0n) is 28.9. The van der Waals surface area contributed by atoms with E-state index in [0.717, 1.165) is 51.4 Å². The van der Waals surface area contributed by atoms with Crippen LogP contribution in [-0.2, 0) is 15.9 Å². The van der Waals surface area contributed by atoms with Gasteiger partial charge in [-0.3, -0.25) is 0 Å². The first-order valence-electron chi connectivity index (χ1n) is 18.3. The van der Waals surface area contributed by atoms with Crippen LogP contribution in [0.4, 0.5) is 17.6 Å². The van der Waals surface area contributed by atoms with Crippen molar-refractivity contribution >= 4 is 0 Å². The van der Waals surface area contributed by atoms with Crippen LogP contribution in [0.15, 0.2) is 48.5 Å². The second-order valence-corrected chi connectivity index (χ2v) is 13.2. The molecule has 1 aliphatic heterocycles. The van der Waals surface area contributed by atoms with Gasteiger partial charge in [0.1, 0.15) is 0 Å². The van der Waals surface area contributed by atoms with E-state index in [2.05, 4.69) is 13.8 Å². The molecule has 0 radical (unpaired) electrons. The lowest BCUT2D eigenvalue weighted by Crippen LogP contribution is -2.32. The molecule has 1 heterocycles. The third kappa shape index (κ3) is 11.3. The van der Waals surface area contributed by atoms with Gasteiger partial charge in [-0.05, 0) is 67.3 Å². The number of rotatable bonds is 21. The first-order chi connectivity index (χ1) is 23.4. The fraction of sp³-hybridized carbons (Fsp3) is 0.561. The van der Waals surface area contributed by atoms with Gasteiger partial charge in [-0.2, -0.15) is 4.39 Å². The second kappa shape index (κ2) is 20.6. The molecule has 264 valence electrons. The summed E-state index contributed by atoms with van der Waals surface area (Å²) < 4.78 is 77.4. The van der Waals surface area contributed by atoms with Crippen LogP contribution in [0.25, 0.3) is 22.3 Å². The number of halogens is 4. The van der Waals surface area contributed by atoms with E-state index in [1.807, 2.05) is 0 Å². The Kier molecular flexibility index (Phi) is 16.3. The summed E-state index contributed by atoms with van der Waals surface area (Å²) >= 11 is 0. The summed E-state index contributed by atoms with van der Waals surface area (Å²) in [7, 11) is 0. The predicted molar refractivity (Wildman–Crippen MR) is 186 cm³/mol. The van der Waals surface area contributed by atoms with Gasteiger partial charge < -0.3 is 14.2 Å². The molecular formula is C41H54F4O3. The Balaban J connectivity index is 1.24. The van der Waals surface area contributed by atoms with Crippen LogP contribution in [0.1, 0.15) is 116 Å². The average molecular weight is 671 g/mol. The van der Waals surface area contributed by atoms with Gasteiger partial charge in [-0.15, -0.1) is 0 Å². The maximum Gasteiger partial charge on any atom is 0.201 e. The minimum atomic E-state index is -1.02. The third-order valence-electron chi connectivity index (χ3n) is 9.36. The molecule has 0 unspecified atom stereocenters. The lowest BCUT2D eigenvalue weighted by atomic mass is 9.96. The van der Waals surface area contributed by atoms with Gasteiger partial charge in [-0.25, -0.2) is 13.2 Å². The Hall–Kier alpha value is -2.90.